The van der Waals surface area contributed by atoms with E-state index in [1.165, 1.54) is 41.5 Å². The molecule has 0 aliphatic heterocycles. The number of nitrogens with zero attached hydrogens (tertiary/aromatic N) is 2. The van der Waals surface area contributed by atoms with Crippen LogP contribution in [-0.2, 0) is 19.2 Å². The average Bonchev–Trinajstić information content (AvgIpc) is 2.62. The van der Waals surface area contributed by atoms with Crippen LogP contribution in [-0.4, -0.2) is 15.0 Å². The molecule has 1 aromatic heterocycles. The van der Waals surface area contributed by atoms with E-state index in [1.807, 2.05) is 4.68 Å². The molecule has 0 saturated heterocycles. The van der Waals surface area contributed by atoms with E-state index >= 15 is 0 Å². The number of thioether (sulfide) groups is 1. The Labute approximate surface area is 123 Å². The van der Waals surface area contributed by atoms with Gasteiger partial charge in [0.25, 0.3) is 0 Å². The molecule has 0 N–H and O–H groups in total. The summed E-state index contributed by atoms with van der Waals surface area (Å²) in [6, 6.07) is 0. The highest BCUT2D eigenvalue weighted by molar-refractivity contribution is 9.10. The van der Waals surface area contributed by atoms with Gasteiger partial charge in [0.1, 0.15) is 0 Å². The molecule has 1 heterocycles. The van der Waals surface area contributed by atoms with E-state index in [-0.39, 0.29) is 0 Å². The normalized spacial score (nSPS) is 24.4. The first-order valence-electron chi connectivity index (χ1n) is 6.93. The van der Waals surface area contributed by atoms with Gasteiger partial charge in [-0.15, -0.1) is 0 Å². The first kappa shape index (κ1) is 14.4. The molecule has 4 heteroatoms. The van der Waals surface area contributed by atoms with Crippen LogP contribution in [0.4, 0.5) is 0 Å². The van der Waals surface area contributed by atoms with Crippen molar-refractivity contribution in [2.24, 2.45) is 13.0 Å². The Morgan fingerprint density at radius 3 is 2.83 bits per heavy atom. The third-order valence-electron chi connectivity index (χ3n) is 3.85. The molecule has 1 aliphatic rings. The van der Waals surface area contributed by atoms with Crippen molar-refractivity contribution in [3.05, 3.63) is 15.9 Å². The summed E-state index contributed by atoms with van der Waals surface area (Å²) in [5.74, 6) is 2.00. The molecule has 1 aliphatic carbocycles. The molecule has 0 bridgehead atoms. The van der Waals surface area contributed by atoms with Crippen LogP contribution in [0, 0.1) is 5.92 Å². The molecule has 1 aromatic rings. The fourth-order valence-corrected chi connectivity index (χ4v) is 5.17. The minimum atomic E-state index is 0.848. The fourth-order valence-electron chi connectivity index (χ4n) is 2.70. The van der Waals surface area contributed by atoms with Gasteiger partial charge >= 0.3 is 0 Å². The second-order valence-electron chi connectivity index (χ2n) is 5.39. The molecule has 0 spiro atoms. The lowest BCUT2D eigenvalue weighted by Gasteiger charge is -2.26. The summed E-state index contributed by atoms with van der Waals surface area (Å²) in [7, 11) is 2.06. The predicted molar refractivity (Wildman–Crippen MR) is 83.0 cm³/mol. The first-order chi connectivity index (χ1) is 8.61. The molecule has 18 heavy (non-hydrogen) atoms. The van der Waals surface area contributed by atoms with Gasteiger partial charge in [0, 0.05) is 18.1 Å². The van der Waals surface area contributed by atoms with Gasteiger partial charge in [-0.3, -0.25) is 4.68 Å². The van der Waals surface area contributed by atoms with Gasteiger partial charge in [0.15, 0.2) is 0 Å². The molecule has 0 amide bonds. The highest BCUT2D eigenvalue weighted by Gasteiger charge is 2.20. The molecule has 102 valence electrons. The minimum absolute atomic E-state index is 0.848. The molecule has 2 nitrogen and oxygen atoms in total. The summed E-state index contributed by atoms with van der Waals surface area (Å²) in [4.78, 5) is 0. The smallest absolute Gasteiger partial charge is 0.0767 e. The summed E-state index contributed by atoms with van der Waals surface area (Å²) in [5.41, 5.74) is 2.53. The predicted octanol–water partition coefficient (Wildman–Crippen LogP) is 4.56. The van der Waals surface area contributed by atoms with E-state index in [9.17, 15) is 0 Å². The quantitative estimate of drug-likeness (QED) is 0.805. The Hall–Kier alpha value is 0.0400. The third kappa shape index (κ3) is 3.32. The van der Waals surface area contributed by atoms with E-state index < -0.39 is 0 Å². The minimum Gasteiger partial charge on any atom is -0.270 e. The van der Waals surface area contributed by atoms with Gasteiger partial charge < -0.3 is 0 Å². The topological polar surface area (TPSA) is 17.8 Å². The number of aromatic nitrogens is 2. The van der Waals surface area contributed by atoms with E-state index in [4.69, 9.17) is 0 Å². The number of aryl methyl sites for hydroxylation is 2. The number of hydrogen-bond donors (Lipinski definition) is 0. The van der Waals surface area contributed by atoms with Crippen molar-refractivity contribution in [1.82, 2.24) is 9.78 Å². The van der Waals surface area contributed by atoms with Crippen LogP contribution in [0.2, 0.25) is 0 Å². The molecule has 2 atom stereocenters. The lowest BCUT2D eigenvalue weighted by atomic mass is 9.91. The largest absolute Gasteiger partial charge is 0.270 e. The van der Waals surface area contributed by atoms with E-state index in [1.54, 1.807) is 0 Å². The van der Waals surface area contributed by atoms with Gasteiger partial charge in [0.05, 0.1) is 15.9 Å². The maximum atomic E-state index is 4.56. The van der Waals surface area contributed by atoms with Gasteiger partial charge in [-0.25, -0.2) is 0 Å². The highest BCUT2D eigenvalue weighted by atomic mass is 79.9. The Kier molecular flexibility index (Phi) is 5.19. The molecule has 1 fully saturated rings. The summed E-state index contributed by atoms with van der Waals surface area (Å²) in [6.45, 7) is 4.55. The van der Waals surface area contributed by atoms with Crippen LogP contribution < -0.4 is 0 Å². The molecule has 2 rings (SSSR count). The maximum absolute atomic E-state index is 4.56. The molecule has 2 unspecified atom stereocenters. The van der Waals surface area contributed by atoms with E-state index in [0.29, 0.717) is 0 Å². The second-order valence-corrected chi connectivity index (χ2v) is 7.47. The monoisotopic (exact) mass is 330 g/mol. The van der Waals surface area contributed by atoms with Crippen molar-refractivity contribution in [2.75, 3.05) is 0 Å². The molecular weight excluding hydrogens is 308 g/mol. The van der Waals surface area contributed by atoms with Gasteiger partial charge in [0.2, 0.25) is 0 Å². The lowest BCUT2D eigenvalue weighted by molar-refractivity contribution is 0.394. The summed E-state index contributed by atoms with van der Waals surface area (Å²) in [5, 5.41) is 5.41. The van der Waals surface area contributed by atoms with Crippen LogP contribution in [0.25, 0.3) is 0 Å². The van der Waals surface area contributed by atoms with Crippen LogP contribution in [0.15, 0.2) is 4.47 Å². The Morgan fingerprint density at radius 1 is 1.44 bits per heavy atom. The third-order valence-corrected chi connectivity index (χ3v) is 6.10. The van der Waals surface area contributed by atoms with Crippen molar-refractivity contribution < 1.29 is 0 Å². The van der Waals surface area contributed by atoms with Crippen LogP contribution in [0.5, 0.6) is 0 Å². The van der Waals surface area contributed by atoms with Crippen molar-refractivity contribution >= 4 is 27.7 Å². The number of hydrogen-bond acceptors (Lipinski definition) is 2. The Balaban J connectivity index is 1.95. The lowest BCUT2D eigenvalue weighted by Crippen LogP contribution is -2.15. The van der Waals surface area contributed by atoms with Gasteiger partial charge in [-0.2, -0.15) is 16.9 Å². The average molecular weight is 331 g/mol. The highest BCUT2D eigenvalue weighted by Crippen LogP contribution is 2.35. The van der Waals surface area contributed by atoms with Crippen LogP contribution >= 0.6 is 27.7 Å². The van der Waals surface area contributed by atoms with Crippen molar-refractivity contribution in [2.45, 2.75) is 57.0 Å². The van der Waals surface area contributed by atoms with E-state index in [2.05, 4.69) is 53.7 Å². The van der Waals surface area contributed by atoms with Crippen molar-refractivity contribution in [1.29, 1.82) is 0 Å². The summed E-state index contributed by atoms with van der Waals surface area (Å²) < 4.78 is 3.27. The summed E-state index contributed by atoms with van der Waals surface area (Å²) in [6.07, 6.45) is 6.61. The zero-order valence-electron chi connectivity index (χ0n) is 11.6. The standard InChI is InChI=1S/C14H23BrN2S/c1-4-12-14(15)13(17(3)16-12)9-18-11-7-5-6-10(2)8-11/h10-11H,4-9H2,1-3H3. The summed E-state index contributed by atoms with van der Waals surface area (Å²) >= 11 is 5.82. The number of halogens is 1. The first-order valence-corrected chi connectivity index (χ1v) is 8.77. The Bertz CT molecular complexity index is 403. The van der Waals surface area contributed by atoms with Crippen molar-refractivity contribution in [3.63, 3.8) is 0 Å². The molecular formula is C14H23BrN2S. The Morgan fingerprint density at radius 2 is 2.22 bits per heavy atom. The van der Waals surface area contributed by atoms with Crippen molar-refractivity contribution in [3.8, 4) is 0 Å². The fraction of sp³-hybridized carbons (Fsp3) is 0.786. The van der Waals surface area contributed by atoms with Gasteiger partial charge in [-0.1, -0.05) is 26.7 Å². The molecule has 1 saturated carbocycles. The molecule has 0 radical (unpaired) electrons. The van der Waals surface area contributed by atoms with E-state index in [0.717, 1.165) is 23.3 Å². The maximum Gasteiger partial charge on any atom is 0.0767 e. The van der Waals surface area contributed by atoms with Crippen LogP contribution in [0.3, 0.4) is 0 Å². The zero-order valence-corrected chi connectivity index (χ0v) is 14.0. The zero-order chi connectivity index (χ0) is 13.1. The SMILES string of the molecule is CCc1nn(C)c(CSC2CCCC(C)C2)c1Br. The second kappa shape index (κ2) is 6.47. The van der Waals surface area contributed by atoms with Crippen LogP contribution in [0.1, 0.15) is 50.9 Å². The van der Waals surface area contributed by atoms with Gasteiger partial charge in [-0.05, 0) is 41.1 Å². The molecule has 0 aromatic carbocycles. The number of rotatable bonds is 4.